The number of halogens is 1. The van der Waals surface area contributed by atoms with Gasteiger partial charge < -0.3 is 9.63 Å². The first-order valence-electron chi connectivity index (χ1n) is 5.89. The van der Waals surface area contributed by atoms with Crippen molar-refractivity contribution in [2.24, 2.45) is 0 Å². The third kappa shape index (κ3) is 2.23. The fourth-order valence-electron chi connectivity index (χ4n) is 1.84. The van der Waals surface area contributed by atoms with Gasteiger partial charge in [-0.05, 0) is 36.8 Å². The van der Waals surface area contributed by atoms with Gasteiger partial charge in [0.2, 0.25) is 5.82 Å². The lowest BCUT2D eigenvalue weighted by Crippen LogP contribution is -1.86. The summed E-state index contributed by atoms with van der Waals surface area (Å²) in [5, 5.41) is 13.9. The summed E-state index contributed by atoms with van der Waals surface area (Å²) in [5.41, 5.74) is 2.28. The van der Waals surface area contributed by atoms with Gasteiger partial charge in [-0.3, -0.25) is 4.98 Å². The molecular formula is C14H10ClN3O2. The lowest BCUT2D eigenvalue weighted by Gasteiger charge is -1.99. The van der Waals surface area contributed by atoms with Gasteiger partial charge in [-0.1, -0.05) is 16.8 Å². The van der Waals surface area contributed by atoms with Gasteiger partial charge >= 0.3 is 0 Å². The van der Waals surface area contributed by atoms with Gasteiger partial charge in [-0.2, -0.15) is 4.98 Å². The van der Waals surface area contributed by atoms with Crippen molar-refractivity contribution in [3.05, 3.63) is 47.2 Å². The molecule has 0 saturated heterocycles. The van der Waals surface area contributed by atoms with Crippen LogP contribution in [0.4, 0.5) is 0 Å². The average molecular weight is 288 g/mol. The lowest BCUT2D eigenvalue weighted by molar-refractivity contribution is 0.431. The van der Waals surface area contributed by atoms with Crippen LogP contribution >= 0.6 is 11.6 Å². The molecule has 100 valence electrons. The molecule has 0 spiro atoms. The Morgan fingerprint density at radius 2 is 2.05 bits per heavy atom. The van der Waals surface area contributed by atoms with E-state index in [0.29, 0.717) is 16.4 Å². The maximum Gasteiger partial charge on any atom is 0.259 e. The summed E-state index contributed by atoms with van der Waals surface area (Å²) in [6.45, 7) is 1.92. The number of pyridine rings is 1. The summed E-state index contributed by atoms with van der Waals surface area (Å²) < 4.78 is 5.22. The van der Waals surface area contributed by atoms with E-state index in [1.54, 1.807) is 18.5 Å². The Kier molecular flexibility index (Phi) is 3.12. The first kappa shape index (κ1) is 12.6. The smallest absolute Gasteiger partial charge is 0.259 e. The van der Waals surface area contributed by atoms with Crippen molar-refractivity contribution in [2.75, 3.05) is 0 Å². The van der Waals surface area contributed by atoms with Crippen molar-refractivity contribution < 1.29 is 9.63 Å². The molecule has 6 heteroatoms. The SMILES string of the molecule is Cc1cnccc1-c1noc(-c2cc(O)ccc2Cl)n1. The molecule has 5 nitrogen and oxygen atoms in total. The van der Waals surface area contributed by atoms with Crippen LogP contribution in [0.5, 0.6) is 5.75 Å². The number of hydrogen-bond acceptors (Lipinski definition) is 5. The van der Waals surface area contributed by atoms with Crippen molar-refractivity contribution >= 4 is 11.6 Å². The predicted molar refractivity (Wildman–Crippen MR) is 74.4 cm³/mol. The quantitative estimate of drug-likeness (QED) is 0.781. The molecule has 0 aliphatic carbocycles. The Bertz CT molecular complexity index is 771. The highest BCUT2D eigenvalue weighted by atomic mass is 35.5. The number of aromatic nitrogens is 3. The van der Waals surface area contributed by atoms with E-state index in [9.17, 15) is 5.11 Å². The molecule has 0 radical (unpaired) electrons. The van der Waals surface area contributed by atoms with Gasteiger partial charge in [0.25, 0.3) is 5.89 Å². The minimum Gasteiger partial charge on any atom is -0.508 e. The fourth-order valence-corrected chi connectivity index (χ4v) is 2.04. The van der Waals surface area contributed by atoms with E-state index >= 15 is 0 Å². The van der Waals surface area contributed by atoms with Crippen molar-refractivity contribution in [1.29, 1.82) is 0 Å². The standard InChI is InChI=1S/C14H10ClN3O2/c1-8-7-16-5-4-10(8)13-17-14(20-18-13)11-6-9(19)2-3-12(11)15/h2-7,19H,1H3. The maximum atomic E-state index is 9.51. The molecule has 1 N–H and O–H groups in total. The second kappa shape index (κ2) is 4.94. The number of rotatable bonds is 2. The van der Waals surface area contributed by atoms with Gasteiger partial charge in [0.05, 0.1) is 10.6 Å². The van der Waals surface area contributed by atoms with Crippen LogP contribution in [0.2, 0.25) is 5.02 Å². The van der Waals surface area contributed by atoms with Crippen LogP contribution in [0, 0.1) is 6.92 Å². The largest absolute Gasteiger partial charge is 0.508 e. The van der Waals surface area contributed by atoms with Crippen molar-refractivity contribution in [2.45, 2.75) is 6.92 Å². The fraction of sp³-hybridized carbons (Fsp3) is 0.0714. The molecule has 0 atom stereocenters. The summed E-state index contributed by atoms with van der Waals surface area (Å²) >= 11 is 6.07. The number of phenols is 1. The third-order valence-electron chi connectivity index (χ3n) is 2.87. The number of hydrogen-bond donors (Lipinski definition) is 1. The highest BCUT2D eigenvalue weighted by Gasteiger charge is 2.15. The minimum atomic E-state index is 0.0873. The molecule has 0 aliphatic rings. The van der Waals surface area contributed by atoms with Crippen LogP contribution < -0.4 is 0 Å². The Labute approximate surface area is 119 Å². The highest BCUT2D eigenvalue weighted by molar-refractivity contribution is 6.33. The average Bonchev–Trinajstić information content (AvgIpc) is 2.91. The molecule has 0 saturated carbocycles. The molecule has 20 heavy (non-hydrogen) atoms. The van der Waals surface area contributed by atoms with Crippen LogP contribution in [-0.2, 0) is 0 Å². The van der Waals surface area contributed by atoms with E-state index in [1.165, 1.54) is 12.1 Å². The maximum absolute atomic E-state index is 9.51. The Morgan fingerprint density at radius 3 is 2.85 bits per heavy atom. The monoisotopic (exact) mass is 287 g/mol. The van der Waals surface area contributed by atoms with E-state index in [2.05, 4.69) is 15.1 Å². The van der Waals surface area contributed by atoms with E-state index in [0.717, 1.165) is 11.1 Å². The van der Waals surface area contributed by atoms with Crippen LogP contribution in [0.25, 0.3) is 22.8 Å². The van der Waals surface area contributed by atoms with Gasteiger partial charge in [-0.25, -0.2) is 0 Å². The third-order valence-corrected chi connectivity index (χ3v) is 3.20. The predicted octanol–water partition coefficient (Wildman–Crippen LogP) is 3.47. The Morgan fingerprint density at radius 1 is 1.20 bits per heavy atom. The number of nitrogens with zero attached hydrogens (tertiary/aromatic N) is 3. The van der Waals surface area contributed by atoms with E-state index in [1.807, 2.05) is 13.0 Å². The summed E-state index contributed by atoms with van der Waals surface area (Å²) in [5.74, 6) is 0.806. The van der Waals surface area contributed by atoms with E-state index < -0.39 is 0 Å². The van der Waals surface area contributed by atoms with Crippen LogP contribution in [0.15, 0.2) is 41.2 Å². The van der Waals surface area contributed by atoms with Gasteiger partial charge in [0, 0.05) is 18.0 Å². The molecule has 2 heterocycles. The summed E-state index contributed by atoms with van der Waals surface area (Å²) in [6.07, 6.45) is 3.40. The molecule has 0 unspecified atom stereocenters. The molecule has 2 aromatic heterocycles. The molecular weight excluding hydrogens is 278 g/mol. The molecule has 0 aliphatic heterocycles. The number of aryl methyl sites for hydroxylation is 1. The van der Waals surface area contributed by atoms with Crippen LogP contribution in [-0.4, -0.2) is 20.2 Å². The minimum absolute atomic E-state index is 0.0873. The van der Waals surface area contributed by atoms with Gasteiger partial charge in [0.1, 0.15) is 5.75 Å². The van der Waals surface area contributed by atoms with Crippen molar-refractivity contribution in [1.82, 2.24) is 15.1 Å². The summed E-state index contributed by atoms with van der Waals surface area (Å²) in [4.78, 5) is 8.33. The van der Waals surface area contributed by atoms with Crippen molar-refractivity contribution in [3.8, 4) is 28.6 Å². The van der Waals surface area contributed by atoms with Gasteiger partial charge in [0.15, 0.2) is 0 Å². The normalized spacial score (nSPS) is 10.7. The lowest BCUT2D eigenvalue weighted by atomic mass is 10.1. The summed E-state index contributed by atoms with van der Waals surface area (Å²) in [7, 11) is 0. The second-order valence-electron chi connectivity index (χ2n) is 4.28. The molecule has 1 aromatic carbocycles. The molecule has 0 fully saturated rings. The van der Waals surface area contributed by atoms with E-state index in [-0.39, 0.29) is 11.6 Å². The zero-order chi connectivity index (χ0) is 14.1. The molecule has 0 bridgehead atoms. The zero-order valence-electron chi connectivity index (χ0n) is 10.5. The van der Waals surface area contributed by atoms with Crippen LogP contribution in [0.3, 0.4) is 0 Å². The molecule has 3 rings (SSSR count). The Balaban J connectivity index is 2.07. The van der Waals surface area contributed by atoms with E-state index in [4.69, 9.17) is 16.1 Å². The van der Waals surface area contributed by atoms with Crippen LogP contribution in [0.1, 0.15) is 5.56 Å². The Hall–Kier alpha value is -2.40. The zero-order valence-corrected chi connectivity index (χ0v) is 11.3. The topological polar surface area (TPSA) is 72.0 Å². The molecule has 3 aromatic rings. The highest BCUT2D eigenvalue weighted by Crippen LogP contribution is 2.31. The van der Waals surface area contributed by atoms with Gasteiger partial charge in [-0.15, -0.1) is 0 Å². The number of benzene rings is 1. The second-order valence-corrected chi connectivity index (χ2v) is 4.69. The number of phenolic OH excluding ortho intramolecular Hbond substituents is 1. The first-order valence-corrected chi connectivity index (χ1v) is 6.26. The molecule has 0 amide bonds. The summed E-state index contributed by atoms with van der Waals surface area (Å²) in [6, 6.07) is 6.37. The van der Waals surface area contributed by atoms with Crippen molar-refractivity contribution in [3.63, 3.8) is 0 Å². The first-order chi connectivity index (χ1) is 9.65. The number of aromatic hydroxyl groups is 1.